The van der Waals surface area contributed by atoms with Crippen molar-refractivity contribution >= 4 is 21.8 Å². The van der Waals surface area contributed by atoms with Crippen LogP contribution in [-0.4, -0.2) is 25.5 Å². The SMILES string of the molecule is CC(C)(C)OC(=O)c1ccc2c(c1)CCC=C2OS(=O)(=O)C(F)(F)F. The zero-order chi connectivity index (χ0) is 19.0. The van der Waals surface area contributed by atoms with E-state index in [0.717, 1.165) is 0 Å². The summed E-state index contributed by atoms with van der Waals surface area (Å²) < 4.78 is 69.4. The molecule has 9 heteroatoms. The van der Waals surface area contributed by atoms with Gasteiger partial charge in [-0.3, -0.25) is 0 Å². The molecular formula is C16H17F3O5S. The first kappa shape index (κ1) is 19.3. The van der Waals surface area contributed by atoms with E-state index in [-0.39, 0.29) is 17.5 Å². The van der Waals surface area contributed by atoms with Crippen molar-refractivity contribution in [1.29, 1.82) is 0 Å². The van der Waals surface area contributed by atoms with Gasteiger partial charge < -0.3 is 8.92 Å². The lowest BCUT2D eigenvalue weighted by atomic mass is 9.94. The van der Waals surface area contributed by atoms with Crippen LogP contribution in [0.25, 0.3) is 5.76 Å². The van der Waals surface area contributed by atoms with Crippen LogP contribution in [0.5, 0.6) is 0 Å². The first-order chi connectivity index (χ1) is 11.3. The van der Waals surface area contributed by atoms with Gasteiger partial charge in [0, 0.05) is 5.56 Å². The number of fused-ring (bicyclic) bond motifs is 1. The minimum Gasteiger partial charge on any atom is -0.456 e. The van der Waals surface area contributed by atoms with E-state index in [2.05, 4.69) is 4.18 Å². The molecule has 0 spiro atoms. The molecule has 0 aromatic heterocycles. The Labute approximate surface area is 143 Å². The van der Waals surface area contributed by atoms with E-state index in [9.17, 15) is 26.4 Å². The van der Waals surface area contributed by atoms with E-state index < -0.39 is 33.0 Å². The van der Waals surface area contributed by atoms with Gasteiger partial charge in [-0.05, 0) is 57.4 Å². The highest BCUT2D eigenvalue weighted by molar-refractivity contribution is 7.87. The Balaban J connectivity index is 2.31. The molecule has 25 heavy (non-hydrogen) atoms. The van der Waals surface area contributed by atoms with Gasteiger partial charge in [-0.2, -0.15) is 21.6 Å². The van der Waals surface area contributed by atoms with Crippen molar-refractivity contribution < 1.29 is 35.3 Å². The second-order valence-electron chi connectivity index (χ2n) is 6.46. The molecule has 5 nitrogen and oxygen atoms in total. The van der Waals surface area contributed by atoms with Crippen molar-refractivity contribution in [3.8, 4) is 0 Å². The van der Waals surface area contributed by atoms with Gasteiger partial charge in [0.15, 0.2) is 0 Å². The predicted octanol–water partition coefficient (Wildman–Crippen LogP) is 3.80. The fraction of sp³-hybridized carbons (Fsp3) is 0.438. The molecule has 1 aliphatic rings. The molecule has 0 radical (unpaired) electrons. The number of aryl methyl sites for hydroxylation is 1. The largest absolute Gasteiger partial charge is 0.534 e. The lowest BCUT2D eigenvalue weighted by Crippen LogP contribution is -2.26. The molecule has 0 fully saturated rings. The molecular weight excluding hydrogens is 361 g/mol. The summed E-state index contributed by atoms with van der Waals surface area (Å²) >= 11 is 0. The standard InChI is InChI=1S/C16H17F3O5S/c1-15(2,3)23-14(20)11-7-8-12-10(9-11)5-4-6-13(12)24-25(21,22)16(17,18)19/h6-9H,4-5H2,1-3H3. The molecule has 0 heterocycles. The molecule has 1 aliphatic carbocycles. The van der Waals surface area contributed by atoms with Crippen LogP contribution < -0.4 is 0 Å². The molecule has 0 saturated heterocycles. The quantitative estimate of drug-likeness (QED) is 0.455. The maximum atomic E-state index is 12.5. The molecule has 1 aromatic rings. The number of esters is 1. The van der Waals surface area contributed by atoms with Crippen LogP contribution in [0.2, 0.25) is 0 Å². The van der Waals surface area contributed by atoms with E-state index in [1.807, 2.05) is 0 Å². The van der Waals surface area contributed by atoms with Gasteiger partial charge in [0.2, 0.25) is 0 Å². The van der Waals surface area contributed by atoms with Crippen molar-refractivity contribution in [1.82, 2.24) is 0 Å². The first-order valence-corrected chi connectivity index (χ1v) is 8.78. The summed E-state index contributed by atoms with van der Waals surface area (Å²) in [5, 5.41) is 0. The third-order valence-corrected chi connectivity index (χ3v) is 4.20. The topological polar surface area (TPSA) is 69.7 Å². The van der Waals surface area contributed by atoms with Crippen LogP contribution in [0.15, 0.2) is 24.3 Å². The number of benzene rings is 1. The van der Waals surface area contributed by atoms with Crippen LogP contribution in [0.3, 0.4) is 0 Å². The number of ether oxygens (including phenoxy) is 1. The number of rotatable bonds is 3. The first-order valence-electron chi connectivity index (χ1n) is 7.38. The van der Waals surface area contributed by atoms with Gasteiger partial charge >= 0.3 is 21.6 Å². The zero-order valence-corrected chi connectivity index (χ0v) is 14.6. The smallest absolute Gasteiger partial charge is 0.456 e. The molecule has 0 N–H and O–H groups in total. The molecule has 0 atom stereocenters. The van der Waals surface area contributed by atoms with Crippen molar-refractivity contribution in [2.75, 3.05) is 0 Å². The molecule has 0 amide bonds. The summed E-state index contributed by atoms with van der Waals surface area (Å²) in [6, 6.07) is 4.18. The summed E-state index contributed by atoms with van der Waals surface area (Å²) in [5.74, 6) is -0.968. The Bertz CT molecular complexity index is 817. The second-order valence-corrected chi connectivity index (χ2v) is 8.00. The Morgan fingerprint density at radius 2 is 1.80 bits per heavy atom. The lowest BCUT2D eigenvalue weighted by Gasteiger charge is -2.21. The third-order valence-electron chi connectivity index (χ3n) is 3.23. The molecule has 0 aliphatic heterocycles. The summed E-state index contributed by atoms with van der Waals surface area (Å²) in [6.07, 6.45) is 2.00. The Kier molecular flexibility index (Phi) is 4.91. The van der Waals surface area contributed by atoms with E-state index in [1.54, 1.807) is 20.8 Å². The van der Waals surface area contributed by atoms with Crippen molar-refractivity contribution in [2.24, 2.45) is 0 Å². The Morgan fingerprint density at radius 3 is 2.36 bits per heavy atom. The molecule has 0 bridgehead atoms. The van der Waals surface area contributed by atoms with Gasteiger partial charge in [-0.15, -0.1) is 0 Å². The molecule has 0 unspecified atom stereocenters. The summed E-state index contributed by atoms with van der Waals surface area (Å²) in [7, 11) is -5.75. The van der Waals surface area contributed by atoms with Gasteiger partial charge in [0.05, 0.1) is 5.56 Å². The Morgan fingerprint density at radius 1 is 1.16 bits per heavy atom. The Hall–Kier alpha value is -2.03. The minimum absolute atomic E-state index is 0.200. The summed E-state index contributed by atoms with van der Waals surface area (Å²) in [4.78, 5) is 12.1. The summed E-state index contributed by atoms with van der Waals surface area (Å²) in [5.41, 5.74) is -5.26. The van der Waals surface area contributed by atoms with Gasteiger partial charge in [0.25, 0.3) is 0 Å². The van der Waals surface area contributed by atoms with Gasteiger partial charge in [-0.25, -0.2) is 4.79 Å². The maximum absolute atomic E-state index is 12.5. The highest BCUT2D eigenvalue weighted by atomic mass is 32.2. The van der Waals surface area contributed by atoms with Crippen molar-refractivity contribution in [3.63, 3.8) is 0 Å². The van der Waals surface area contributed by atoms with Crippen LogP contribution in [0, 0.1) is 0 Å². The predicted molar refractivity (Wildman–Crippen MR) is 84.0 cm³/mol. The summed E-state index contributed by atoms with van der Waals surface area (Å²) in [6.45, 7) is 5.12. The molecule has 1 aromatic carbocycles. The van der Waals surface area contributed by atoms with Gasteiger partial charge in [-0.1, -0.05) is 6.07 Å². The van der Waals surface area contributed by atoms with Crippen LogP contribution in [0.4, 0.5) is 13.2 Å². The number of alkyl halides is 3. The van der Waals surface area contributed by atoms with Crippen LogP contribution in [0.1, 0.15) is 48.7 Å². The van der Waals surface area contributed by atoms with E-state index in [1.165, 1.54) is 24.3 Å². The highest BCUT2D eigenvalue weighted by Gasteiger charge is 2.49. The van der Waals surface area contributed by atoms with Gasteiger partial charge in [0.1, 0.15) is 11.4 Å². The fourth-order valence-corrected chi connectivity index (χ4v) is 2.71. The van der Waals surface area contributed by atoms with Crippen molar-refractivity contribution in [3.05, 3.63) is 41.0 Å². The maximum Gasteiger partial charge on any atom is 0.534 e. The molecule has 2 rings (SSSR count). The second kappa shape index (κ2) is 6.36. The average molecular weight is 378 g/mol. The number of hydrogen-bond acceptors (Lipinski definition) is 5. The number of carbonyl (C=O) groups is 1. The minimum atomic E-state index is -5.75. The van der Waals surface area contributed by atoms with Crippen LogP contribution >= 0.6 is 0 Å². The normalized spacial score (nSPS) is 15.2. The monoisotopic (exact) mass is 378 g/mol. The van der Waals surface area contributed by atoms with E-state index in [4.69, 9.17) is 4.74 Å². The molecule has 138 valence electrons. The zero-order valence-electron chi connectivity index (χ0n) is 13.8. The average Bonchev–Trinajstić information content (AvgIpc) is 2.43. The van der Waals surface area contributed by atoms with E-state index in [0.29, 0.717) is 12.0 Å². The van der Waals surface area contributed by atoms with E-state index >= 15 is 0 Å². The highest BCUT2D eigenvalue weighted by Crippen LogP contribution is 2.34. The number of allylic oxidation sites excluding steroid dienone is 1. The fourth-order valence-electron chi connectivity index (χ4n) is 2.22. The molecule has 0 saturated carbocycles. The number of halogens is 3. The van der Waals surface area contributed by atoms with Crippen LogP contribution in [-0.2, 0) is 25.5 Å². The number of carbonyl (C=O) groups excluding carboxylic acids is 1. The third kappa shape index (κ3) is 4.53. The van der Waals surface area contributed by atoms with Crippen molar-refractivity contribution in [2.45, 2.75) is 44.7 Å². The number of hydrogen-bond donors (Lipinski definition) is 0. The lowest BCUT2D eigenvalue weighted by molar-refractivity contribution is -0.0509.